The molecule has 2 aromatic rings. The Hall–Kier alpha value is -2.56. The molecule has 1 aliphatic rings. The van der Waals surface area contributed by atoms with Crippen LogP contribution in [-0.4, -0.2) is 37.4 Å². The maximum absolute atomic E-state index is 11.9. The number of rotatable bonds is 3. The number of anilines is 1. The van der Waals surface area contributed by atoms with E-state index >= 15 is 0 Å². The van der Waals surface area contributed by atoms with Gasteiger partial charge in [0.1, 0.15) is 5.76 Å². The molecule has 1 aromatic carbocycles. The molecule has 1 saturated heterocycles. The van der Waals surface area contributed by atoms with Crippen molar-refractivity contribution in [3.8, 4) is 11.3 Å². The minimum atomic E-state index is 0.0130. The highest BCUT2D eigenvalue weighted by Crippen LogP contribution is 2.26. The van der Waals surface area contributed by atoms with Crippen molar-refractivity contribution in [2.24, 2.45) is 0 Å². The highest BCUT2D eigenvalue weighted by atomic mass is 16.3. The largest absolute Gasteiger partial charge is 0.453 e. The lowest BCUT2D eigenvalue weighted by molar-refractivity contribution is 0.110. The molecule has 2 heterocycles. The first-order valence-electron chi connectivity index (χ1n) is 6.37. The lowest BCUT2D eigenvalue weighted by Gasteiger charge is -2.16. The minimum absolute atomic E-state index is 0.0130. The molecule has 2 amide bonds. The molecule has 0 bridgehead atoms. The molecule has 102 valence electrons. The van der Waals surface area contributed by atoms with Crippen molar-refractivity contribution in [2.75, 3.05) is 25.0 Å². The van der Waals surface area contributed by atoms with Gasteiger partial charge >= 0.3 is 6.03 Å². The fourth-order valence-corrected chi connectivity index (χ4v) is 2.26. The van der Waals surface area contributed by atoms with Gasteiger partial charge in [0.15, 0.2) is 12.0 Å². The molecule has 3 rings (SSSR count). The lowest BCUT2D eigenvalue weighted by atomic mass is 10.1. The number of carbonyl (C=O) groups excluding carboxylic acids is 2. The van der Waals surface area contributed by atoms with E-state index in [0.717, 1.165) is 17.8 Å². The van der Waals surface area contributed by atoms with Crippen molar-refractivity contribution in [1.82, 2.24) is 4.90 Å². The number of amides is 2. The third-order valence-corrected chi connectivity index (χ3v) is 3.42. The first-order chi connectivity index (χ1) is 9.69. The normalized spacial score (nSPS) is 14.9. The second kappa shape index (κ2) is 4.85. The summed E-state index contributed by atoms with van der Waals surface area (Å²) in [6.07, 6.45) is 0.677. The number of furan rings is 1. The van der Waals surface area contributed by atoms with Crippen LogP contribution in [0.4, 0.5) is 10.5 Å². The Labute approximate surface area is 116 Å². The average Bonchev–Trinajstić information content (AvgIpc) is 3.08. The highest BCUT2D eigenvalue weighted by molar-refractivity contribution is 5.94. The summed E-state index contributed by atoms with van der Waals surface area (Å²) < 4.78 is 5.37. The number of hydrogen-bond acceptors (Lipinski definition) is 3. The van der Waals surface area contributed by atoms with Gasteiger partial charge < -0.3 is 9.32 Å². The van der Waals surface area contributed by atoms with Crippen LogP contribution in [0.2, 0.25) is 0 Å². The van der Waals surface area contributed by atoms with Crippen LogP contribution in [-0.2, 0) is 0 Å². The number of benzene rings is 1. The molecule has 5 heteroatoms. The van der Waals surface area contributed by atoms with Gasteiger partial charge in [-0.05, 0) is 36.4 Å². The standard InChI is InChI=1S/C15H14N2O3/c1-16-8-9-17(15(16)19)12-4-2-11(3-5-12)14-7-6-13(10-18)20-14/h2-7,10H,8-9H2,1H3. The third kappa shape index (κ3) is 2.07. The number of carbonyl (C=O) groups is 2. The quantitative estimate of drug-likeness (QED) is 0.806. The smallest absolute Gasteiger partial charge is 0.324 e. The molecule has 0 unspecified atom stereocenters. The van der Waals surface area contributed by atoms with E-state index in [-0.39, 0.29) is 6.03 Å². The van der Waals surface area contributed by atoms with Crippen molar-refractivity contribution in [1.29, 1.82) is 0 Å². The number of hydrogen-bond donors (Lipinski definition) is 0. The Kier molecular flexibility index (Phi) is 3.02. The third-order valence-electron chi connectivity index (χ3n) is 3.42. The van der Waals surface area contributed by atoms with Crippen molar-refractivity contribution >= 4 is 18.0 Å². The van der Waals surface area contributed by atoms with Crippen molar-refractivity contribution in [3.63, 3.8) is 0 Å². The van der Waals surface area contributed by atoms with Crippen LogP contribution >= 0.6 is 0 Å². The van der Waals surface area contributed by atoms with Crippen LogP contribution in [0.1, 0.15) is 10.6 Å². The zero-order chi connectivity index (χ0) is 14.1. The van der Waals surface area contributed by atoms with E-state index in [1.165, 1.54) is 0 Å². The first kappa shape index (κ1) is 12.5. The van der Waals surface area contributed by atoms with Crippen LogP contribution in [0, 0.1) is 0 Å². The molecule has 0 atom stereocenters. The lowest BCUT2D eigenvalue weighted by Crippen LogP contribution is -2.29. The van der Waals surface area contributed by atoms with Crippen LogP contribution in [0.15, 0.2) is 40.8 Å². The van der Waals surface area contributed by atoms with E-state index in [1.807, 2.05) is 24.3 Å². The van der Waals surface area contributed by atoms with E-state index in [9.17, 15) is 9.59 Å². The van der Waals surface area contributed by atoms with Crippen LogP contribution in [0.5, 0.6) is 0 Å². The van der Waals surface area contributed by atoms with Crippen LogP contribution < -0.4 is 4.90 Å². The fourth-order valence-electron chi connectivity index (χ4n) is 2.26. The molecule has 5 nitrogen and oxygen atoms in total. The van der Waals surface area contributed by atoms with Gasteiger partial charge in [-0.1, -0.05) is 0 Å². The number of likely N-dealkylation sites (N-methyl/N-ethyl adjacent to an activating group) is 1. The summed E-state index contributed by atoms with van der Waals surface area (Å²) in [5, 5.41) is 0. The summed E-state index contributed by atoms with van der Waals surface area (Å²) in [5.41, 5.74) is 1.74. The molecule has 0 saturated carbocycles. The maximum atomic E-state index is 11.9. The Bertz CT molecular complexity index is 645. The zero-order valence-corrected chi connectivity index (χ0v) is 11.1. The maximum Gasteiger partial charge on any atom is 0.324 e. The molecule has 0 radical (unpaired) electrons. The predicted molar refractivity (Wildman–Crippen MR) is 74.9 cm³/mol. The summed E-state index contributed by atoms with van der Waals surface area (Å²) in [5.74, 6) is 0.948. The van der Waals surface area contributed by atoms with Gasteiger partial charge in [-0.25, -0.2) is 4.79 Å². The predicted octanol–water partition coefficient (Wildman–Crippen LogP) is 2.63. The molecule has 1 aliphatic heterocycles. The molecule has 1 fully saturated rings. The van der Waals surface area contributed by atoms with E-state index < -0.39 is 0 Å². The molecule has 0 N–H and O–H groups in total. The minimum Gasteiger partial charge on any atom is -0.453 e. The Balaban J connectivity index is 1.84. The topological polar surface area (TPSA) is 53.8 Å². The Morgan fingerprint density at radius 3 is 2.40 bits per heavy atom. The SMILES string of the molecule is CN1CCN(c2ccc(-c3ccc(C=O)o3)cc2)C1=O. The molecular formula is C15H14N2O3. The van der Waals surface area contributed by atoms with E-state index in [0.29, 0.717) is 24.4 Å². The van der Waals surface area contributed by atoms with Crippen molar-refractivity contribution in [3.05, 3.63) is 42.2 Å². The van der Waals surface area contributed by atoms with Gasteiger partial charge in [0.25, 0.3) is 0 Å². The van der Waals surface area contributed by atoms with E-state index in [4.69, 9.17) is 4.42 Å². The van der Waals surface area contributed by atoms with Crippen LogP contribution in [0.3, 0.4) is 0 Å². The number of nitrogens with zero attached hydrogens (tertiary/aromatic N) is 2. The molecule has 20 heavy (non-hydrogen) atoms. The number of urea groups is 1. The summed E-state index contributed by atoms with van der Waals surface area (Å²) in [4.78, 5) is 25.9. The summed E-state index contributed by atoms with van der Waals surface area (Å²) in [6.45, 7) is 1.44. The average molecular weight is 270 g/mol. The van der Waals surface area contributed by atoms with Gasteiger partial charge in [0.2, 0.25) is 0 Å². The van der Waals surface area contributed by atoms with Crippen LogP contribution in [0.25, 0.3) is 11.3 Å². The Morgan fingerprint density at radius 1 is 1.10 bits per heavy atom. The number of aldehydes is 1. The zero-order valence-electron chi connectivity index (χ0n) is 11.1. The van der Waals surface area contributed by atoms with Gasteiger partial charge in [-0.3, -0.25) is 9.69 Å². The molecule has 0 aliphatic carbocycles. The van der Waals surface area contributed by atoms with E-state index in [2.05, 4.69) is 0 Å². The molecular weight excluding hydrogens is 256 g/mol. The summed E-state index contributed by atoms with van der Waals surface area (Å²) >= 11 is 0. The monoisotopic (exact) mass is 270 g/mol. The second-order valence-corrected chi connectivity index (χ2v) is 4.72. The van der Waals surface area contributed by atoms with Crippen molar-refractivity contribution < 1.29 is 14.0 Å². The molecule has 0 spiro atoms. The van der Waals surface area contributed by atoms with Gasteiger partial charge in [0, 0.05) is 31.4 Å². The fraction of sp³-hybridized carbons (Fsp3) is 0.200. The molecule has 1 aromatic heterocycles. The van der Waals surface area contributed by atoms with Gasteiger partial charge in [-0.2, -0.15) is 0 Å². The second-order valence-electron chi connectivity index (χ2n) is 4.72. The van der Waals surface area contributed by atoms with Gasteiger partial charge in [0.05, 0.1) is 0 Å². The highest BCUT2D eigenvalue weighted by Gasteiger charge is 2.26. The summed E-state index contributed by atoms with van der Waals surface area (Å²) in [6, 6.07) is 10.9. The first-order valence-corrected chi connectivity index (χ1v) is 6.37. The van der Waals surface area contributed by atoms with Gasteiger partial charge in [-0.15, -0.1) is 0 Å². The van der Waals surface area contributed by atoms with E-state index in [1.54, 1.807) is 29.0 Å². The summed E-state index contributed by atoms with van der Waals surface area (Å²) in [7, 11) is 1.79. The van der Waals surface area contributed by atoms with Crippen molar-refractivity contribution in [2.45, 2.75) is 0 Å². The Morgan fingerprint density at radius 2 is 1.85 bits per heavy atom.